The maximum Gasteiger partial charge on any atom is 0.330 e. The Kier molecular flexibility index (Phi) is 7.80. The Morgan fingerprint density at radius 1 is 0.931 bits per heavy atom. The zero-order valence-electron chi connectivity index (χ0n) is 17.6. The second kappa shape index (κ2) is 10.5. The number of hydrogen-bond donors (Lipinski definition) is 1. The fourth-order valence-electron chi connectivity index (χ4n) is 3.83. The molecule has 1 aliphatic rings. The van der Waals surface area contributed by atoms with Crippen LogP contribution in [0.15, 0.2) is 46.1 Å². The first-order valence-corrected chi connectivity index (χ1v) is 10.5. The van der Waals surface area contributed by atoms with Crippen molar-refractivity contribution < 1.29 is 0 Å². The van der Waals surface area contributed by atoms with Crippen LogP contribution in [0.3, 0.4) is 0 Å². The first-order chi connectivity index (χ1) is 14.0. The van der Waals surface area contributed by atoms with Gasteiger partial charge in [-0.15, -0.1) is 0 Å². The van der Waals surface area contributed by atoms with Gasteiger partial charge in [0.15, 0.2) is 0 Å². The summed E-state index contributed by atoms with van der Waals surface area (Å²) >= 11 is 0. The van der Waals surface area contributed by atoms with E-state index in [0.29, 0.717) is 12.1 Å². The Morgan fingerprint density at radius 2 is 1.62 bits per heavy atom. The number of nitrogens with zero attached hydrogens (tertiary/aromatic N) is 4. The molecule has 2 heterocycles. The van der Waals surface area contributed by atoms with Crippen LogP contribution >= 0.6 is 0 Å². The van der Waals surface area contributed by atoms with E-state index in [1.165, 1.54) is 17.2 Å². The lowest BCUT2D eigenvalue weighted by Gasteiger charge is -2.34. The van der Waals surface area contributed by atoms with Gasteiger partial charge in [-0.05, 0) is 31.5 Å². The topological polar surface area (TPSA) is 62.5 Å². The van der Waals surface area contributed by atoms with E-state index in [-0.39, 0.29) is 11.2 Å². The summed E-state index contributed by atoms with van der Waals surface area (Å²) in [4.78, 5) is 28.9. The summed E-state index contributed by atoms with van der Waals surface area (Å²) in [5.41, 5.74) is 1.51. The van der Waals surface area contributed by atoms with E-state index in [9.17, 15) is 9.59 Å². The normalized spacial score (nSPS) is 15.7. The molecule has 1 aromatic carbocycles. The minimum absolute atomic E-state index is 0.214. The first-order valence-electron chi connectivity index (χ1n) is 10.5. The van der Waals surface area contributed by atoms with Crippen LogP contribution in [0, 0.1) is 0 Å². The van der Waals surface area contributed by atoms with Crippen LogP contribution in [0.2, 0.25) is 0 Å². The third-order valence-corrected chi connectivity index (χ3v) is 5.62. The second-order valence-electron chi connectivity index (χ2n) is 7.90. The van der Waals surface area contributed by atoms with Gasteiger partial charge >= 0.3 is 5.69 Å². The molecule has 29 heavy (non-hydrogen) atoms. The highest BCUT2D eigenvalue weighted by Gasteiger charge is 2.16. The highest BCUT2D eigenvalue weighted by molar-refractivity contribution is 5.14. The van der Waals surface area contributed by atoms with E-state index in [1.807, 2.05) is 0 Å². The van der Waals surface area contributed by atoms with Crippen LogP contribution < -0.4 is 16.6 Å². The van der Waals surface area contributed by atoms with Crippen molar-refractivity contribution in [3.63, 3.8) is 0 Å². The van der Waals surface area contributed by atoms with E-state index in [4.69, 9.17) is 0 Å². The Bertz CT molecular complexity index is 882. The zero-order valence-corrected chi connectivity index (χ0v) is 17.6. The molecule has 1 N–H and O–H groups in total. The van der Waals surface area contributed by atoms with E-state index in [1.54, 1.807) is 13.2 Å². The molecule has 3 rings (SSSR count). The number of aromatic nitrogens is 2. The van der Waals surface area contributed by atoms with E-state index >= 15 is 0 Å². The van der Waals surface area contributed by atoms with Crippen LogP contribution in [0.4, 0.5) is 0 Å². The van der Waals surface area contributed by atoms with Crippen LogP contribution in [-0.2, 0) is 27.2 Å². The van der Waals surface area contributed by atoms with E-state index in [0.717, 1.165) is 63.2 Å². The third-order valence-electron chi connectivity index (χ3n) is 5.62. The largest absolute Gasteiger partial charge is 0.330 e. The van der Waals surface area contributed by atoms with Crippen molar-refractivity contribution in [3.8, 4) is 0 Å². The number of piperazine rings is 1. The summed E-state index contributed by atoms with van der Waals surface area (Å²) in [6.07, 6.45) is 3.86. The molecular formula is C22H33N5O2. The molecule has 0 radical (unpaired) electrons. The highest BCUT2D eigenvalue weighted by Crippen LogP contribution is 2.09. The minimum Gasteiger partial charge on any atom is -0.312 e. The molecule has 1 aromatic heterocycles. The summed E-state index contributed by atoms with van der Waals surface area (Å²) in [7, 11) is 3.19. The summed E-state index contributed by atoms with van der Waals surface area (Å²) in [5.74, 6) is 0. The molecule has 0 unspecified atom stereocenters. The van der Waals surface area contributed by atoms with Crippen molar-refractivity contribution in [2.45, 2.75) is 25.9 Å². The average Bonchev–Trinajstić information content (AvgIpc) is 2.74. The van der Waals surface area contributed by atoms with Gasteiger partial charge in [-0.3, -0.25) is 14.3 Å². The highest BCUT2D eigenvalue weighted by atomic mass is 16.2. The van der Waals surface area contributed by atoms with Gasteiger partial charge in [0.25, 0.3) is 5.56 Å². The summed E-state index contributed by atoms with van der Waals surface area (Å²) < 4.78 is 2.62. The lowest BCUT2D eigenvalue weighted by molar-refractivity contribution is 0.125. The average molecular weight is 400 g/mol. The molecule has 1 aliphatic heterocycles. The fourth-order valence-corrected chi connectivity index (χ4v) is 3.83. The van der Waals surface area contributed by atoms with Crippen LogP contribution in [-0.4, -0.2) is 58.2 Å². The predicted molar refractivity (Wildman–Crippen MR) is 116 cm³/mol. The summed E-state index contributed by atoms with van der Waals surface area (Å²) in [6.45, 7) is 8.07. The van der Waals surface area contributed by atoms with E-state index < -0.39 is 0 Å². The van der Waals surface area contributed by atoms with Gasteiger partial charge in [-0.1, -0.05) is 30.3 Å². The number of hydrogen-bond acceptors (Lipinski definition) is 5. The van der Waals surface area contributed by atoms with Crippen molar-refractivity contribution in [3.05, 3.63) is 68.5 Å². The summed E-state index contributed by atoms with van der Waals surface area (Å²) in [5, 5.41) is 3.33. The number of aryl methyl sites for hydroxylation is 1. The van der Waals surface area contributed by atoms with Gasteiger partial charge in [0.2, 0.25) is 0 Å². The molecule has 7 heteroatoms. The molecule has 1 saturated heterocycles. The Balaban J connectivity index is 1.29. The Labute approximate surface area is 172 Å². The van der Waals surface area contributed by atoms with Crippen molar-refractivity contribution in [1.29, 1.82) is 0 Å². The zero-order chi connectivity index (χ0) is 20.6. The molecule has 158 valence electrons. The molecule has 0 atom stereocenters. The molecule has 0 aliphatic carbocycles. The molecule has 0 saturated carbocycles. The molecule has 0 bridgehead atoms. The van der Waals surface area contributed by atoms with Crippen LogP contribution in [0.1, 0.15) is 24.0 Å². The molecular weight excluding hydrogens is 366 g/mol. The number of benzene rings is 1. The molecule has 2 aromatic rings. The summed E-state index contributed by atoms with van der Waals surface area (Å²) in [6, 6.07) is 10.7. The molecule has 7 nitrogen and oxygen atoms in total. The van der Waals surface area contributed by atoms with Crippen molar-refractivity contribution >= 4 is 0 Å². The quantitative estimate of drug-likeness (QED) is 0.631. The number of rotatable bonds is 9. The first kappa shape index (κ1) is 21.5. The van der Waals surface area contributed by atoms with Gasteiger partial charge in [-0.2, -0.15) is 0 Å². The molecule has 0 amide bonds. The Morgan fingerprint density at radius 3 is 2.34 bits per heavy atom. The van der Waals surface area contributed by atoms with Gasteiger partial charge in [0.1, 0.15) is 0 Å². The lowest BCUT2D eigenvalue weighted by atomic mass is 10.2. The van der Waals surface area contributed by atoms with Gasteiger partial charge in [-0.25, -0.2) is 4.79 Å². The molecule has 1 fully saturated rings. The van der Waals surface area contributed by atoms with Crippen molar-refractivity contribution in [1.82, 2.24) is 24.3 Å². The third kappa shape index (κ3) is 6.13. The maximum absolute atomic E-state index is 12.1. The standard InChI is InChI=1S/C22H33N5O2/c1-24-18-20(21(28)25(2)22(24)29)16-23-10-6-7-11-26-12-14-27(15-13-26)17-19-8-4-3-5-9-19/h3-5,8-9,18,23H,6-7,10-17H2,1-2H3. The maximum atomic E-state index is 12.1. The molecule has 0 spiro atoms. The lowest BCUT2D eigenvalue weighted by Crippen LogP contribution is -2.46. The van der Waals surface area contributed by atoms with Crippen molar-refractivity contribution in [2.75, 3.05) is 39.3 Å². The van der Waals surface area contributed by atoms with Crippen LogP contribution in [0.5, 0.6) is 0 Å². The minimum atomic E-state index is -0.289. The second-order valence-corrected chi connectivity index (χ2v) is 7.90. The monoisotopic (exact) mass is 399 g/mol. The van der Waals surface area contributed by atoms with Gasteiger partial charge in [0.05, 0.1) is 0 Å². The predicted octanol–water partition coefficient (Wildman–Crippen LogP) is 0.772. The SMILES string of the molecule is Cn1cc(CNCCCCN2CCN(Cc3ccccc3)CC2)c(=O)n(C)c1=O. The Hall–Kier alpha value is -2.22. The van der Waals surface area contributed by atoms with Gasteiger partial charge < -0.3 is 14.8 Å². The number of unbranched alkanes of at least 4 members (excludes halogenated alkanes) is 1. The number of nitrogens with one attached hydrogen (secondary N) is 1. The van der Waals surface area contributed by atoms with E-state index in [2.05, 4.69) is 45.4 Å². The smallest absolute Gasteiger partial charge is 0.312 e. The van der Waals surface area contributed by atoms with Crippen molar-refractivity contribution in [2.24, 2.45) is 14.1 Å². The fraction of sp³-hybridized carbons (Fsp3) is 0.545. The van der Waals surface area contributed by atoms with Crippen LogP contribution in [0.25, 0.3) is 0 Å². The van der Waals surface area contributed by atoms with Gasteiger partial charge in [0, 0.05) is 65.1 Å².